The lowest BCUT2D eigenvalue weighted by atomic mass is 9.72. The first-order valence-corrected chi connectivity index (χ1v) is 12.9. The summed E-state index contributed by atoms with van der Waals surface area (Å²) >= 11 is 0. The minimum absolute atomic E-state index is 0.0651. The Balaban J connectivity index is 1.08. The molecule has 0 aliphatic carbocycles. The predicted molar refractivity (Wildman–Crippen MR) is 144 cm³/mol. The van der Waals surface area contributed by atoms with E-state index in [1.807, 2.05) is 22.9 Å². The number of hydrogen-bond acceptors (Lipinski definition) is 7. The number of fused-ring (bicyclic) bond motifs is 1. The summed E-state index contributed by atoms with van der Waals surface area (Å²) in [5.41, 5.74) is 3.51. The number of aliphatic hydroxyl groups is 1. The van der Waals surface area contributed by atoms with Gasteiger partial charge in [0.2, 0.25) is 0 Å². The number of nitrogens with zero attached hydrogens (tertiary/aromatic N) is 6. The third-order valence-electron chi connectivity index (χ3n) is 7.16. The van der Waals surface area contributed by atoms with E-state index >= 15 is 0 Å². The quantitative estimate of drug-likeness (QED) is 0.274. The monoisotopic (exact) mass is 532 g/mol. The summed E-state index contributed by atoms with van der Waals surface area (Å²) in [5, 5.41) is 14.0. The van der Waals surface area contributed by atoms with Gasteiger partial charge in [0, 0.05) is 80.2 Å². The second-order valence-electron chi connectivity index (χ2n) is 11.3. The summed E-state index contributed by atoms with van der Waals surface area (Å²) < 4.78 is 29.5. The summed E-state index contributed by atoms with van der Waals surface area (Å²) in [4.78, 5) is 19.1. The first-order valence-electron chi connectivity index (χ1n) is 12.9. The maximum atomic E-state index is 13.9. The molecule has 5 heterocycles. The van der Waals surface area contributed by atoms with Crippen molar-refractivity contribution in [2.45, 2.75) is 26.0 Å². The Morgan fingerprint density at radius 2 is 1.85 bits per heavy atom. The molecule has 8 nitrogen and oxygen atoms in total. The van der Waals surface area contributed by atoms with Crippen LogP contribution in [0.25, 0.3) is 5.65 Å². The van der Waals surface area contributed by atoms with Gasteiger partial charge in [-0.15, -0.1) is 0 Å². The highest BCUT2D eigenvalue weighted by Crippen LogP contribution is 2.42. The van der Waals surface area contributed by atoms with E-state index in [2.05, 4.69) is 43.3 Å². The average Bonchev–Trinajstić information content (AvgIpc) is 3.32. The molecule has 0 saturated carbocycles. The van der Waals surface area contributed by atoms with Gasteiger partial charge in [0.1, 0.15) is 18.0 Å². The van der Waals surface area contributed by atoms with Crippen LogP contribution in [-0.2, 0) is 11.4 Å². The lowest BCUT2D eigenvalue weighted by Gasteiger charge is -2.61. The number of aromatic nitrogens is 3. The van der Waals surface area contributed by atoms with Crippen molar-refractivity contribution in [2.75, 3.05) is 37.7 Å². The van der Waals surface area contributed by atoms with Gasteiger partial charge in [0.05, 0.1) is 11.3 Å². The molecule has 2 fully saturated rings. The van der Waals surface area contributed by atoms with Crippen LogP contribution in [0.2, 0.25) is 0 Å². The number of hydrogen-bond donors (Lipinski definition) is 1. The topological polar surface area (TPSA) is 78.5 Å². The standard InChI is InChI=1S/C29H30F2N6O2/c1-28(2,38)19-39-34-27(21-4-5-23(30)24(31)11-21)25-6-3-20(13-33-25)14-35-15-29(16-35)17-37(18-29)22-7-9-36-10-8-32-26(36)12-22/h3-13,38H,14-19H2,1-2H3/b34-27+. The van der Waals surface area contributed by atoms with Crippen LogP contribution in [0.15, 0.2) is 72.4 Å². The molecule has 0 amide bonds. The molecule has 6 rings (SSSR count). The van der Waals surface area contributed by atoms with Crippen molar-refractivity contribution in [2.24, 2.45) is 10.6 Å². The maximum absolute atomic E-state index is 13.9. The van der Waals surface area contributed by atoms with E-state index in [-0.39, 0.29) is 12.3 Å². The van der Waals surface area contributed by atoms with Gasteiger partial charge in [0.25, 0.3) is 0 Å². The van der Waals surface area contributed by atoms with Gasteiger partial charge in [-0.1, -0.05) is 11.2 Å². The molecular formula is C29H30F2N6O2. The van der Waals surface area contributed by atoms with Gasteiger partial charge in [-0.25, -0.2) is 13.8 Å². The second-order valence-corrected chi connectivity index (χ2v) is 11.3. The van der Waals surface area contributed by atoms with Crippen molar-refractivity contribution in [1.82, 2.24) is 19.3 Å². The van der Waals surface area contributed by atoms with Crippen LogP contribution < -0.4 is 4.90 Å². The molecule has 1 N–H and O–H groups in total. The van der Waals surface area contributed by atoms with Crippen LogP contribution in [0.5, 0.6) is 0 Å². The normalized spacial score (nSPS) is 17.4. The number of rotatable bonds is 8. The number of benzene rings is 1. The molecule has 0 unspecified atom stereocenters. The van der Waals surface area contributed by atoms with E-state index < -0.39 is 17.2 Å². The molecule has 2 saturated heterocycles. The minimum Gasteiger partial charge on any atom is -0.392 e. The smallest absolute Gasteiger partial charge is 0.159 e. The van der Waals surface area contributed by atoms with Crippen molar-refractivity contribution in [3.05, 3.63) is 95.7 Å². The van der Waals surface area contributed by atoms with E-state index in [1.54, 1.807) is 26.1 Å². The fraction of sp³-hybridized carbons (Fsp3) is 0.345. The molecule has 2 aliphatic rings. The van der Waals surface area contributed by atoms with Gasteiger partial charge >= 0.3 is 0 Å². The third kappa shape index (κ3) is 5.35. The number of pyridine rings is 2. The maximum Gasteiger partial charge on any atom is 0.159 e. The highest BCUT2D eigenvalue weighted by Gasteiger charge is 2.51. The zero-order valence-corrected chi connectivity index (χ0v) is 21.9. The van der Waals surface area contributed by atoms with E-state index in [9.17, 15) is 13.9 Å². The second kappa shape index (κ2) is 9.69. The van der Waals surface area contributed by atoms with Crippen LogP contribution >= 0.6 is 0 Å². The molecule has 39 heavy (non-hydrogen) atoms. The van der Waals surface area contributed by atoms with E-state index in [1.165, 1.54) is 11.8 Å². The Bertz CT molecular complexity index is 1520. The third-order valence-corrected chi connectivity index (χ3v) is 7.16. The zero-order chi connectivity index (χ0) is 27.2. The lowest BCUT2D eigenvalue weighted by Crippen LogP contribution is -2.71. The fourth-order valence-electron chi connectivity index (χ4n) is 5.32. The SMILES string of the molecule is CC(C)(O)CO/N=C(\c1ccc(F)c(F)c1)c1ccc(CN2CC3(C2)CN(c2ccn4ccnc4c2)C3)cn1. The Hall–Kier alpha value is -3.89. The lowest BCUT2D eigenvalue weighted by molar-refractivity contribution is -0.0273. The van der Waals surface area contributed by atoms with Gasteiger partial charge in [-0.2, -0.15) is 0 Å². The van der Waals surface area contributed by atoms with Crippen LogP contribution in [-0.4, -0.2) is 68.5 Å². The van der Waals surface area contributed by atoms with Crippen molar-refractivity contribution in [3.63, 3.8) is 0 Å². The summed E-state index contributed by atoms with van der Waals surface area (Å²) in [6, 6.07) is 11.6. The molecular weight excluding hydrogens is 502 g/mol. The van der Waals surface area contributed by atoms with Gasteiger partial charge in [-0.3, -0.25) is 9.88 Å². The summed E-state index contributed by atoms with van der Waals surface area (Å²) in [6.07, 6.45) is 7.58. The van der Waals surface area contributed by atoms with Gasteiger partial charge in [0.15, 0.2) is 11.6 Å². The van der Waals surface area contributed by atoms with Crippen LogP contribution in [0.4, 0.5) is 14.5 Å². The molecule has 2 aliphatic heterocycles. The zero-order valence-electron chi connectivity index (χ0n) is 21.9. The Morgan fingerprint density at radius 3 is 2.56 bits per heavy atom. The van der Waals surface area contributed by atoms with E-state index in [4.69, 9.17) is 4.84 Å². The number of oxime groups is 1. The molecule has 1 spiro atoms. The molecule has 3 aromatic heterocycles. The highest BCUT2D eigenvalue weighted by atomic mass is 19.2. The Morgan fingerprint density at radius 1 is 1.03 bits per heavy atom. The van der Waals surface area contributed by atoms with Crippen molar-refractivity contribution in [1.29, 1.82) is 0 Å². The van der Waals surface area contributed by atoms with Gasteiger partial charge in [-0.05, 0) is 49.7 Å². The van der Waals surface area contributed by atoms with Crippen molar-refractivity contribution in [3.8, 4) is 0 Å². The Kier molecular flexibility index (Phi) is 6.31. The van der Waals surface area contributed by atoms with Crippen LogP contribution in [0.1, 0.15) is 30.7 Å². The number of likely N-dealkylation sites (tertiary alicyclic amines) is 1. The van der Waals surface area contributed by atoms with Crippen LogP contribution in [0.3, 0.4) is 0 Å². The first-order chi connectivity index (χ1) is 18.7. The minimum atomic E-state index is -1.10. The number of imidazole rings is 1. The van der Waals surface area contributed by atoms with Gasteiger partial charge < -0.3 is 19.2 Å². The molecule has 0 bridgehead atoms. The predicted octanol–water partition coefficient (Wildman–Crippen LogP) is 3.87. The Labute approximate surface area is 225 Å². The first kappa shape index (κ1) is 25.4. The highest BCUT2D eigenvalue weighted by molar-refractivity contribution is 6.11. The molecule has 10 heteroatoms. The summed E-state index contributed by atoms with van der Waals surface area (Å²) in [5.74, 6) is -1.93. The molecule has 202 valence electrons. The van der Waals surface area contributed by atoms with Crippen molar-refractivity contribution < 1.29 is 18.7 Å². The summed E-state index contributed by atoms with van der Waals surface area (Å²) in [6.45, 7) is 8.03. The van der Waals surface area contributed by atoms with Crippen LogP contribution in [0, 0.1) is 17.0 Å². The van der Waals surface area contributed by atoms with E-state index in [0.717, 1.165) is 56.1 Å². The molecule has 1 aromatic carbocycles. The number of anilines is 1. The number of halogens is 2. The fourth-order valence-corrected chi connectivity index (χ4v) is 5.32. The van der Waals surface area contributed by atoms with E-state index in [0.29, 0.717) is 16.7 Å². The van der Waals surface area contributed by atoms with Crippen molar-refractivity contribution >= 4 is 17.0 Å². The summed E-state index contributed by atoms with van der Waals surface area (Å²) in [7, 11) is 0. The largest absolute Gasteiger partial charge is 0.392 e. The molecule has 0 radical (unpaired) electrons. The average molecular weight is 533 g/mol. The molecule has 0 atom stereocenters. The molecule has 4 aromatic rings.